The Labute approximate surface area is 145 Å². The Kier molecular flexibility index (Phi) is 4.36. The lowest BCUT2D eigenvalue weighted by Crippen LogP contribution is -2.20. The molecule has 3 aromatic heterocycles. The molecule has 1 saturated heterocycles. The summed E-state index contributed by atoms with van der Waals surface area (Å²) in [6.45, 7) is 5.28. The van der Waals surface area contributed by atoms with E-state index >= 15 is 0 Å². The lowest BCUT2D eigenvalue weighted by Gasteiger charge is -2.14. The number of aromatic amines is 1. The molecule has 0 spiro atoms. The average molecular weight is 340 g/mol. The summed E-state index contributed by atoms with van der Waals surface area (Å²) in [6.07, 6.45) is 9.69. The van der Waals surface area contributed by atoms with Gasteiger partial charge in [0.15, 0.2) is 5.82 Å². The van der Waals surface area contributed by atoms with E-state index in [1.54, 1.807) is 17.5 Å². The van der Waals surface area contributed by atoms with Gasteiger partial charge in [0.05, 0.1) is 17.4 Å². The molecule has 0 radical (unpaired) electrons. The maximum absolute atomic E-state index is 4.58. The standard InChI is InChI=1S/C17H20N6S/c1-12-5-21-17(22-12)16-8-19-14(6-20-16)4-13-2-3-23(9-13)10-15-7-18-11-24-15/h5-8,11,13H,2-4,9-10H2,1H3,(H,21,22)/t13-/m1/s1. The number of H-pyrrole nitrogens is 1. The van der Waals surface area contributed by atoms with Gasteiger partial charge < -0.3 is 4.98 Å². The molecule has 0 saturated carbocycles. The van der Waals surface area contributed by atoms with Crippen molar-refractivity contribution in [2.24, 2.45) is 5.92 Å². The van der Waals surface area contributed by atoms with E-state index < -0.39 is 0 Å². The van der Waals surface area contributed by atoms with Crippen molar-refractivity contribution >= 4 is 11.3 Å². The fourth-order valence-electron chi connectivity index (χ4n) is 3.18. The highest BCUT2D eigenvalue weighted by Crippen LogP contribution is 2.23. The van der Waals surface area contributed by atoms with E-state index in [9.17, 15) is 0 Å². The van der Waals surface area contributed by atoms with Crippen LogP contribution in [0.2, 0.25) is 0 Å². The van der Waals surface area contributed by atoms with Gasteiger partial charge in [0.2, 0.25) is 0 Å². The Morgan fingerprint density at radius 1 is 1.21 bits per heavy atom. The van der Waals surface area contributed by atoms with Crippen molar-refractivity contribution < 1.29 is 0 Å². The SMILES string of the molecule is Cc1cnc(-c2cnc(C[C@H]3CCN(Cc4cncs4)C3)cn2)[nH]1. The van der Waals surface area contributed by atoms with Crippen LogP contribution in [-0.4, -0.2) is 42.9 Å². The molecular weight excluding hydrogens is 320 g/mol. The number of imidazole rings is 1. The number of aryl methyl sites for hydroxylation is 1. The van der Waals surface area contributed by atoms with Crippen LogP contribution in [0.25, 0.3) is 11.5 Å². The predicted molar refractivity (Wildman–Crippen MR) is 93.6 cm³/mol. The molecule has 0 amide bonds. The third-order valence-corrected chi connectivity index (χ3v) is 5.15. The molecule has 1 aliphatic rings. The first kappa shape index (κ1) is 15.4. The zero-order valence-corrected chi connectivity index (χ0v) is 14.5. The van der Waals surface area contributed by atoms with Gasteiger partial charge in [0.25, 0.3) is 0 Å². The third kappa shape index (κ3) is 3.52. The number of nitrogens with zero attached hydrogens (tertiary/aromatic N) is 5. The molecule has 124 valence electrons. The topological polar surface area (TPSA) is 70.6 Å². The largest absolute Gasteiger partial charge is 0.341 e. The van der Waals surface area contributed by atoms with Crippen molar-refractivity contribution in [2.45, 2.75) is 26.3 Å². The van der Waals surface area contributed by atoms with Gasteiger partial charge in [-0.1, -0.05) is 0 Å². The van der Waals surface area contributed by atoms with Gasteiger partial charge in [0, 0.05) is 42.3 Å². The predicted octanol–water partition coefficient (Wildman–Crippen LogP) is 2.70. The van der Waals surface area contributed by atoms with Crippen molar-refractivity contribution in [3.63, 3.8) is 0 Å². The van der Waals surface area contributed by atoms with E-state index in [1.807, 2.05) is 31.0 Å². The fourth-order valence-corrected chi connectivity index (χ4v) is 3.82. The zero-order chi connectivity index (χ0) is 16.4. The van der Waals surface area contributed by atoms with Crippen molar-refractivity contribution in [3.8, 4) is 11.5 Å². The van der Waals surface area contributed by atoms with Crippen LogP contribution >= 0.6 is 11.3 Å². The quantitative estimate of drug-likeness (QED) is 0.773. The van der Waals surface area contributed by atoms with Crippen LogP contribution in [0, 0.1) is 12.8 Å². The second-order valence-electron chi connectivity index (χ2n) is 6.37. The molecule has 1 N–H and O–H groups in total. The normalized spacial score (nSPS) is 18.3. The molecule has 1 fully saturated rings. The minimum absolute atomic E-state index is 0.656. The van der Waals surface area contributed by atoms with Gasteiger partial charge in [-0.05, 0) is 32.2 Å². The molecule has 0 bridgehead atoms. The first-order chi connectivity index (χ1) is 11.8. The Morgan fingerprint density at radius 2 is 2.17 bits per heavy atom. The number of likely N-dealkylation sites (tertiary alicyclic amines) is 1. The summed E-state index contributed by atoms with van der Waals surface area (Å²) in [5.74, 6) is 1.44. The van der Waals surface area contributed by atoms with Gasteiger partial charge in [-0.2, -0.15) is 0 Å². The summed E-state index contributed by atoms with van der Waals surface area (Å²) in [4.78, 5) is 24.6. The Hall–Kier alpha value is -2.12. The first-order valence-corrected chi connectivity index (χ1v) is 9.07. The van der Waals surface area contributed by atoms with Crippen LogP contribution in [0.1, 0.15) is 22.7 Å². The third-order valence-electron chi connectivity index (χ3n) is 4.38. The van der Waals surface area contributed by atoms with Crippen molar-refractivity contribution in [3.05, 3.63) is 46.6 Å². The van der Waals surface area contributed by atoms with Crippen molar-refractivity contribution in [1.29, 1.82) is 0 Å². The van der Waals surface area contributed by atoms with Gasteiger partial charge in [0.1, 0.15) is 5.69 Å². The smallest absolute Gasteiger partial charge is 0.157 e. The van der Waals surface area contributed by atoms with Crippen LogP contribution in [0.15, 0.2) is 30.3 Å². The zero-order valence-electron chi connectivity index (χ0n) is 13.6. The van der Waals surface area contributed by atoms with Gasteiger partial charge >= 0.3 is 0 Å². The molecule has 0 aromatic carbocycles. The summed E-state index contributed by atoms with van der Waals surface area (Å²) in [6, 6.07) is 0. The maximum atomic E-state index is 4.58. The molecule has 7 heteroatoms. The first-order valence-electron chi connectivity index (χ1n) is 8.19. The highest BCUT2D eigenvalue weighted by atomic mass is 32.1. The van der Waals surface area contributed by atoms with E-state index in [0.717, 1.165) is 49.0 Å². The summed E-state index contributed by atoms with van der Waals surface area (Å²) in [7, 11) is 0. The minimum atomic E-state index is 0.656. The summed E-state index contributed by atoms with van der Waals surface area (Å²) in [5, 5.41) is 0. The van der Waals surface area contributed by atoms with E-state index in [4.69, 9.17) is 0 Å². The molecule has 4 heterocycles. The van der Waals surface area contributed by atoms with E-state index in [2.05, 4.69) is 29.8 Å². The number of rotatable bonds is 5. The van der Waals surface area contributed by atoms with E-state index in [1.165, 1.54) is 11.3 Å². The van der Waals surface area contributed by atoms with E-state index in [-0.39, 0.29) is 0 Å². The number of aromatic nitrogens is 5. The lowest BCUT2D eigenvalue weighted by molar-refractivity contribution is 0.318. The molecule has 1 aliphatic heterocycles. The molecule has 0 unspecified atom stereocenters. The highest BCUT2D eigenvalue weighted by molar-refractivity contribution is 7.09. The monoisotopic (exact) mass is 340 g/mol. The van der Waals surface area contributed by atoms with Crippen molar-refractivity contribution in [2.75, 3.05) is 13.1 Å². The van der Waals surface area contributed by atoms with Gasteiger partial charge in [-0.25, -0.2) is 9.97 Å². The number of thiazole rings is 1. The molecule has 3 aromatic rings. The molecular formula is C17H20N6S. The molecule has 6 nitrogen and oxygen atoms in total. The molecule has 1 atom stereocenters. The van der Waals surface area contributed by atoms with E-state index in [0.29, 0.717) is 5.92 Å². The van der Waals surface area contributed by atoms with Crippen LogP contribution in [0.4, 0.5) is 0 Å². The second kappa shape index (κ2) is 6.78. The average Bonchev–Trinajstić information content (AvgIpc) is 3.32. The van der Waals surface area contributed by atoms with Crippen LogP contribution in [-0.2, 0) is 13.0 Å². The number of hydrogen-bond acceptors (Lipinski definition) is 6. The molecule has 0 aliphatic carbocycles. The molecule has 24 heavy (non-hydrogen) atoms. The summed E-state index contributed by atoms with van der Waals surface area (Å²) < 4.78 is 0. The Morgan fingerprint density at radius 3 is 2.88 bits per heavy atom. The fraction of sp³-hybridized carbons (Fsp3) is 0.412. The van der Waals surface area contributed by atoms with Gasteiger partial charge in [-0.3, -0.25) is 14.9 Å². The highest BCUT2D eigenvalue weighted by Gasteiger charge is 2.23. The summed E-state index contributed by atoms with van der Waals surface area (Å²) >= 11 is 1.73. The Bertz CT molecular complexity index is 780. The van der Waals surface area contributed by atoms with Crippen LogP contribution in [0.3, 0.4) is 0 Å². The number of hydrogen-bond donors (Lipinski definition) is 1. The van der Waals surface area contributed by atoms with Gasteiger partial charge in [-0.15, -0.1) is 11.3 Å². The summed E-state index contributed by atoms with van der Waals surface area (Å²) in [5.41, 5.74) is 4.79. The maximum Gasteiger partial charge on any atom is 0.157 e. The van der Waals surface area contributed by atoms with Crippen LogP contribution in [0.5, 0.6) is 0 Å². The Balaban J connectivity index is 1.34. The molecule has 4 rings (SSSR count). The van der Waals surface area contributed by atoms with Crippen LogP contribution < -0.4 is 0 Å². The second-order valence-corrected chi connectivity index (χ2v) is 7.34. The lowest BCUT2D eigenvalue weighted by atomic mass is 10.0. The minimum Gasteiger partial charge on any atom is -0.341 e. The van der Waals surface area contributed by atoms with Crippen molar-refractivity contribution in [1.82, 2.24) is 29.8 Å². The number of nitrogens with one attached hydrogen (secondary N) is 1.